The van der Waals surface area contributed by atoms with E-state index in [1.165, 1.54) is 6.42 Å². The molecule has 2 heterocycles. The molecule has 0 bridgehead atoms. The van der Waals surface area contributed by atoms with E-state index in [2.05, 4.69) is 10.2 Å². The van der Waals surface area contributed by atoms with Crippen LogP contribution in [0.4, 0.5) is 0 Å². The second kappa shape index (κ2) is 7.81. The van der Waals surface area contributed by atoms with Crippen LogP contribution < -0.4 is 10.5 Å². The van der Waals surface area contributed by atoms with Gasteiger partial charge < -0.3 is 15.2 Å². The smallest absolute Gasteiger partial charge is 0.195 e. The van der Waals surface area contributed by atoms with Crippen molar-refractivity contribution in [2.45, 2.75) is 24.5 Å². The van der Waals surface area contributed by atoms with Gasteiger partial charge in [-0.1, -0.05) is 11.8 Å². The molecule has 1 atom stereocenters. The van der Waals surface area contributed by atoms with Gasteiger partial charge in [-0.3, -0.25) is 4.57 Å². The Balaban J connectivity index is 1.73. The molecule has 23 heavy (non-hydrogen) atoms. The van der Waals surface area contributed by atoms with Crippen molar-refractivity contribution in [3.8, 4) is 11.4 Å². The molecule has 0 amide bonds. The fourth-order valence-electron chi connectivity index (χ4n) is 2.64. The van der Waals surface area contributed by atoms with E-state index in [1.54, 1.807) is 18.9 Å². The van der Waals surface area contributed by atoms with Crippen LogP contribution >= 0.6 is 11.8 Å². The summed E-state index contributed by atoms with van der Waals surface area (Å²) in [6, 6.07) is 7.85. The second-order valence-corrected chi connectivity index (χ2v) is 6.57. The molecule has 2 aromatic rings. The van der Waals surface area contributed by atoms with E-state index in [4.69, 9.17) is 15.2 Å². The quantitative estimate of drug-likeness (QED) is 0.783. The molecule has 1 aromatic heterocycles. The van der Waals surface area contributed by atoms with Crippen molar-refractivity contribution in [2.75, 3.05) is 26.1 Å². The van der Waals surface area contributed by atoms with Crippen LogP contribution in [0.1, 0.15) is 18.7 Å². The third kappa shape index (κ3) is 3.85. The molecule has 1 aliphatic rings. The zero-order chi connectivity index (χ0) is 16.1. The molecule has 7 heteroatoms. The topological polar surface area (TPSA) is 75.2 Å². The Labute approximate surface area is 140 Å². The van der Waals surface area contributed by atoms with E-state index in [-0.39, 0.29) is 0 Å². The van der Waals surface area contributed by atoms with Gasteiger partial charge in [0.2, 0.25) is 0 Å². The van der Waals surface area contributed by atoms with Crippen molar-refractivity contribution in [1.82, 2.24) is 14.8 Å². The van der Waals surface area contributed by atoms with Crippen LogP contribution in [0.25, 0.3) is 5.69 Å². The average Bonchev–Trinajstić information content (AvgIpc) is 3.24. The summed E-state index contributed by atoms with van der Waals surface area (Å²) in [6.07, 6.45) is 2.30. The van der Waals surface area contributed by atoms with Crippen LogP contribution in [-0.4, -0.2) is 40.8 Å². The Bertz CT molecular complexity index is 624. The highest BCUT2D eigenvalue weighted by molar-refractivity contribution is 7.99. The summed E-state index contributed by atoms with van der Waals surface area (Å²) >= 11 is 1.72. The maximum atomic E-state index is 5.81. The Morgan fingerprint density at radius 3 is 2.83 bits per heavy atom. The van der Waals surface area contributed by atoms with E-state index >= 15 is 0 Å². The van der Waals surface area contributed by atoms with Gasteiger partial charge in [-0.15, -0.1) is 10.2 Å². The zero-order valence-electron chi connectivity index (χ0n) is 13.3. The average molecular weight is 334 g/mol. The first-order valence-electron chi connectivity index (χ1n) is 7.81. The molecular formula is C16H22N4O2S. The standard InChI is InChI=1S/C16H22N4O2S/c1-21-14-4-2-13(3-5-14)20-15(10-17)18-19-16(20)23-9-7-12-6-8-22-11-12/h2-5,12H,6-11,17H2,1H3/t12-/m0/s1. The molecule has 1 saturated heterocycles. The maximum Gasteiger partial charge on any atom is 0.195 e. The van der Waals surface area contributed by atoms with Crippen molar-refractivity contribution in [3.63, 3.8) is 0 Å². The number of thioether (sulfide) groups is 1. The summed E-state index contributed by atoms with van der Waals surface area (Å²) in [7, 11) is 1.66. The van der Waals surface area contributed by atoms with Crippen molar-refractivity contribution >= 4 is 11.8 Å². The number of nitrogens with zero attached hydrogens (tertiary/aromatic N) is 3. The summed E-state index contributed by atoms with van der Waals surface area (Å²) in [5, 5.41) is 9.40. The highest BCUT2D eigenvalue weighted by Gasteiger charge is 2.17. The second-order valence-electron chi connectivity index (χ2n) is 5.50. The number of nitrogens with two attached hydrogens (primary N) is 1. The molecule has 1 aliphatic heterocycles. The van der Waals surface area contributed by atoms with Crippen molar-refractivity contribution in [1.29, 1.82) is 0 Å². The lowest BCUT2D eigenvalue weighted by atomic mass is 10.1. The van der Waals surface area contributed by atoms with E-state index in [9.17, 15) is 0 Å². The minimum Gasteiger partial charge on any atom is -0.497 e. The lowest BCUT2D eigenvalue weighted by Crippen LogP contribution is -2.08. The molecule has 2 N–H and O–H groups in total. The van der Waals surface area contributed by atoms with E-state index in [0.29, 0.717) is 12.5 Å². The van der Waals surface area contributed by atoms with Gasteiger partial charge in [0.15, 0.2) is 11.0 Å². The Morgan fingerprint density at radius 1 is 1.35 bits per heavy atom. The van der Waals surface area contributed by atoms with Crippen LogP contribution in [0, 0.1) is 5.92 Å². The Morgan fingerprint density at radius 2 is 2.17 bits per heavy atom. The molecule has 0 unspecified atom stereocenters. The Kier molecular flexibility index (Phi) is 5.53. The van der Waals surface area contributed by atoms with E-state index in [0.717, 1.165) is 47.8 Å². The number of rotatable bonds is 7. The Hall–Kier alpha value is -1.57. The molecule has 1 fully saturated rings. The van der Waals surface area contributed by atoms with Crippen LogP contribution in [-0.2, 0) is 11.3 Å². The number of benzene rings is 1. The third-order valence-corrected chi connectivity index (χ3v) is 4.96. The summed E-state index contributed by atoms with van der Waals surface area (Å²) < 4.78 is 12.7. The predicted octanol–water partition coefficient (Wildman–Crippen LogP) is 2.25. The van der Waals surface area contributed by atoms with Crippen LogP contribution in [0.2, 0.25) is 0 Å². The number of methoxy groups -OCH3 is 1. The minimum absolute atomic E-state index is 0.357. The van der Waals surface area contributed by atoms with E-state index in [1.807, 2.05) is 28.8 Å². The molecule has 3 rings (SSSR count). The largest absolute Gasteiger partial charge is 0.497 e. The molecule has 124 valence electrons. The van der Waals surface area contributed by atoms with Gasteiger partial charge in [-0.25, -0.2) is 0 Å². The molecule has 0 aliphatic carbocycles. The lowest BCUT2D eigenvalue weighted by Gasteiger charge is -2.11. The number of hydrogen-bond acceptors (Lipinski definition) is 6. The summed E-state index contributed by atoms with van der Waals surface area (Å²) in [6.45, 7) is 2.14. The summed E-state index contributed by atoms with van der Waals surface area (Å²) in [5.41, 5.74) is 6.81. The normalized spacial score (nSPS) is 17.6. The zero-order valence-corrected chi connectivity index (χ0v) is 14.1. The molecule has 6 nitrogen and oxygen atoms in total. The first kappa shape index (κ1) is 16.3. The van der Waals surface area contributed by atoms with Gasteiger partial charge in [0.05, 0.1) is 13.7 Å². The molecule has 0 saturated carbocycles. The van der Waals surface area contributed by atoms with Crippen LogP contribution in [0.15, 0.2) is 29.4 Å². The molecule has 0 radical (unpaired) electrons. The van der Waals surface area contributed by atoms with Gasteiger partial charge in [0.1, 0.15) is 5.75 Å². The lowest BCUT2D eigenvalue weighted by molar-refractivity contribution is 0.185. The number of hydrogen-bond donors (Lipinski definition) is 1. The van der Waals surface area contributed by atoms with Crippen molar-refractivity contribution in [3.05, 3.63) is 30.1 Å². The monoisotopic (exact) mass is 334 g/mol. The SMILES string of the molecule is COc1ccc(-n2c(CN)nnc2SCC[C@@H]2CCOC2)cc1. The van der Waals surface area contributed by atoms with Crippen LogP contribution in [0.3, 0.4) is 0 Å². The number of aromatic nitrogens is 3. The highest BCUT2D eigenvalue weighted by atomic mass is 32.2. The minimum atomic E-state index is 0.357. The van der Waals surface area contributed by atoms with Gasteiger partial charge in [0.25, 0.3) is 0 Å². The first-order valence-corrected chi connectivity index (χ1v) is 8.79. The van der Waals surface area contributed by atoms with Gasteiger partial charge in [-0.05, 0) is 43.0 Å². The molecular weight excluding hydrogens is 312 g/mol. The number of ether oxygens (including phenoxy) is 2. The van der Waals surface area contributed by atoms with Crippen molar-refractivity contribution < 1.29 is 9.47 Å². The van der Waals surface area contributed by atoms with Gasteiger partial charge >= 0.3 is 0 Å². The third-order valence-electron chi connectivity index (χ3n) is 3.99. The van der Waals surface area contributed by atoms with E-state index < -0.39 is 0 Å². The summed E-state index contributed by atoms with van der Waals surface area (Å²) in [4.78, 5) is 0. The fraction of sp³-hybridized carbons (Fsp3) is 0.500. The molecule has 0 spiro atoms. The molecule has 1 aromatic carbocycles. The van der Waals surface area contributed by atoms with Crippen LogP contribution in [0.5, 0.6) is 5.75 Å². The highest BCUT2D eigenvalue weighted by Crippen LogP contribution is 2.26. The summed E-state index contributed by atoms with van der Waals surface area (Å²) in [5.74, 6) is 3.27. The first-order chi connectivity index (χ1) is 11.3. The van der Waals surface area contributed by atoms with Gasteiger partial charge in [-0.2, -0.15) is 0 Å². The van der Waals surface area contributed by atoms with Crippen molar-refractivity contribution in [2.24, 2.45) is 11.7 Å². The fourth-order valence-corrected chi connectivity index (χ4v) is 3.72. The predicted molar refractivity (Wildman–Crippen MR) is 90.1 cm³/mol. The maximum absolute atomic E-state index is 5.81. The van der Waals surface area contributed by atoms with Gasteiger partial charge in [0, 0.05) is 24.7 Å².